The molecule has 1 aliphatic rings. The Labute approximate surface area is 155 Å². The average Bonchev–Trinajstić information content (AvgIpc) is 2.63. The Kier molecular flexibility index (Phi) is 5.94. The highest BCUT2D eigenvalue weighted by molar-refractivity contribution is 5.98. The first-order valence-corrected chi connectivity index (χ1v) is 9.33. The normalized spacial score (nSPS) is 18.0. The number of ketones is 1. The van der Waals surface area contributed by atoms with Gasteiger partial charge >= 0.3 is 0 Å². The van der Waals surface area contributed by atoms with Gasteiger partial charge in [0.05, 0.1) is 6.10 Å². The second-order valence-corrected chi connectivity index (χ2v) is 7.26. The van der Waals surface area contributed by atoms with Crippen LogP contribution in [0.15, 0.2) is 48.5 Å². The number of carbonyl (C=O) groups excluding carboxylic acids is 1. The van der Waals surface area contributed by atoms with Gasteiger partial charge in [0.15, 0.2) is 5.78 Å². The van der Waals surface area contributed by atoms with Gasteiger partial charge in [-0.25, -0.2) is 0 Å². The lowest BCUT2D eigenvalue weighted by Crippen LogP contribution is -2.38. The quantitative estimate of drug-likeness (QED) is 0.788. The topological polar surface area (TPSA) is 49.8 Å². The lowest BCUT2D eigenvalue weighted by atomic mass is 9.89. The summed E-state index contributed by atoms with van der Waals surface area (Å²) in [5, 5.41) is 9.99. The Morgan fingerprint density at radius 1 is 1.23 bits per heavy atom. The number of aromatic hydroxyl groups is 1. The third-order valence-corrected chi connectivity index (χ3v) is 4.75. The molecule has 1 saturated heterocycles. The van der Waals surface area contributed by atoms with Crippen LogP contribution in [0.3, 0.4) is 0 Å². The van der Waals surface area contributed by atoms with Crippen LogP contribution in [0.5, 0.6) is 11.5 Å². The summed E-state index contributed by atoms with van der Waals surface area (Å²) in [5.41, 5.74) is 1.63. The number of rotatable bonds is 6. The molecule has 4 nitrogen and oxygen atoms in total. The van der Waals surface area contributed by atoms with E-state index in [9.17, 15) is 9.90 Å². The highest BCUT2D eigenvalue weighted by atomic mass is 16.5. The maximum Gasteiger partial charge on any atom is 0.167 e. The Hall–Kier alpha value is -2.33. The molecule has 0 radical (unpaired) electrons. The molecular formula is C22H27NO3. The van der Waals surface area contributed by atoms with E-state index in [2.05, 4.69) is 4.90 Å². The van der Waals surface area contributed by atoms with E-state index >= 15 is 0 Å². The number of benzene rings is 2. The molecule has 1 atom stereocenters. The fourth-order valence-corrected chi connectivity index (χ4v) is 3.53. The highest BCUT2D eigenvalue weighted by Gasteiger charge is 2.27. The van der Waals surface area contributed by atoms with Gasteiger partial charge in [0.1, 0.15) is 11.5 Å². The van der Waals surface area contributed by atoms with Crippen molar-refractivity contribution in [2.24, 2.45) is 5.92 Å². The summed E-state index contributed by atoms with van der Waals surface area (Å²) in [5.74, 6) is 1.23. The minimum Gasteiger partial charge on any atom is -0.508 e. The zero-order valence-electron chi connectivity index (χ0n) is 15.5. The number of phenols is 1. The van der Waals surface area contributed by atoms with Crippen molar-refractivity contribution < 1.29 is 14.6 Å². The standard InChI is InChI=1S/C22H27NO3/c1-16(2)26-20-10-5-8-17(13-20)22(25)19-9-6-12-23(15-19)14-18-7-3-4-11-21(18)24/h3-5,7-8,10-11,13,16,19,24H,6,9,12,14-15H2,1-2H3/t19-/m1/s1. The summed E-state index contributed by atoms with van der Waals surface area (Å²) < 4.78 is 5.72. The van der Waals surface area contributed by atoms with E-state index in [1.54, 1.807) is 6.07 Å². The number of carbonyl (C=O) groups is 1. The van der Waals surface area contributed by atoms with Gasteiger partial charge in [0, 0.05) is 30.1 Å². The molecule has 3 rings (SSSR count). The van der Waals surface area contributed by atoms with E-state index in [0.29, 0.717) is 12.3 Å². The molecule has 4 heteroatoms. The van der Waals surface area contributed by atoms with Crippen LogP contribution in [-0.4, -0.2) is 35.0 Å². The second-order valence-electron chi connectivity index (χ2n) is 7.26. The molecule has 2 aromatic rings. The summed E-state index contributed by atoms with van der Waals surface area (Å²) in [7, 11) is 0. The lowest BCUT2D eigenvalue weighted by Gasteiger charge is -2.32. The molecule has 0 saturated carbocycles. The SMILES string of the molecule is CC(C)Oc1cccc(C(=O)[C@@H]2CCCN(Cc3ccccc3O)C2)c1. The summed E-state index contributed by atoms with van der Waals surface area (Å²) >= 11 is 0. The lowest BCUT2D eigenvalue weighted by molar-refractivity contribution is 0.0810. The van der Waals surface area contributed by atoms with Crippen LogP contribution in [0.25, 0.3) is 0 Å². The Balaban J connectivity index is 1.67. The third kappa shape index (κ3) is 4.64. The zero-order valence-corrected chi connectivity index (χ0v) is 15.5. The van der Waals surface area contributed by atoms with Crippen molar-refractivity contribution in [3.63, 3.8) is 0 Å². The average molecular weight is 353 g/mol. The molecule has 0 aliphatic carbocycles. The van der Waals surface area contributed by atoms with Crippen LogP contribution >= 0.6 is 0 Å². The van der Waals surface area contributed by atoms with Crippen LogP contribution in [0.4, 0.5) is 0 Å². The Morgan fingerprint density at radius 2 is 2.04 bits per heavy atom. The number of Topliss-reactive ketones (excluding diaryl/α,β-unsaturated/α-hetero) is 1. The van der Waals surface area contributed by atoms with Gasteiger partial charge in [0.2, 0.25) is 0 Å². The van der Waals surface area contributed by atoms with E-state index in [1.165, 1.54) is 0 Å². The predicted octanol–water partition coefficient (Wildman–Crippen LogP) is 4.27. The van der Waals surface area contributed by atoms with Crippen molar-refractivity contribution in [1.82, 2.24) is 4.90 Å². The largest absolute Gasteiger partial charge is 0.508 e. The fraction of sp³-hybridized carbons (Fsp3) is 0.409. The van der Waals surface area contributed by atoms with E-state index < -0.39 is 0 Å². The molecule has 0 spiro atoms. The smallest absolute Gasteiger partial charge is 0.167 e. The molecule has 0 amide bonds. The first kappa shape index (κ1) is 18.5. The molecule has 1 aliphatic heterocycles. The van der Waals surface area contributed by atoms with Crippen LogP contribution in [0, 0.1) is 5.92 Å². The summed E-state index contributed by atoms with van der Waals surface area (Å²) in [4.78, 5) is 15.2. The summed E-state index contributed by atoms with van der Waals surface area (Å²) in [6, 6.07) is 14.9. The first-order valence-electron chi connectivity index (χ1n) is 9.33. The van der Waals surface area contributed by atoms with Crippen LogP contribution < -0.4 is 4.74 Å². The number of ether oxygens (including phenoxy) is 1. The number of phenolic OH excluding ortho intramolecular Hbond substituents is 1. The molecule has 0 bridgehead atoms. The molecule has 2 aromatic carbocycles. The number of para-hydroxylation sites is 1. The van der Waals surface area contributed by atoms with Crippen LogP contribution in [0.1, 0.15) is 42.6 Å². The zero-order chi connectivity index (χ0) is 18.5. The molecule has 138 valence electrons. The van der Waals surface area contributed by atoms with Gasteiger partial charge in [-0.15, -0.1) is 0 Å². The molecule has 0 unspecified atom stereocenters. The maximum absolute atomic E-state index is 13.0. The third-order valence-electron chi connectivity index (χ3n) is 4.75. The van der Waals surface area contributed by atoms with E-state index in [1.807, 2.05) is 56.3 Å². The fourth-order valence-electron chi connectivity index (χ4n) is 3.53. The Morgan fingerprint density at radius 3 is 2.81 bits per heavy atom. The molecule has 1 fully saturated rings. The molecule has 0 aromatic heterocycles. The van der Waals surface area contributed by atoms with Crippen LogP contribution in [-0.2, 0) is 6.54 Å². The number of likely N-dealkylation sites (tertiary alicyclic amines) is 1. The van der Waals surface area contributed by atoms with Gasteiger partial charge in [-0.2, -0.15) is 0 Å². The van der Waals surface area contributed by atoms with E-state index in [4.69, 9.17) is 4.74 Å². The Bertz CT molecular complexity index is 757. The van der Waals surface area contributed by atoms with Crippen molar-refractivity contribution in [1.29, 1.82) is 0 Å². The van der Waals surface area contributed by atoms with Crippen molar-refractivity contribution in [3.8, 4) is 11.5 Å². The summed E-state index contributed by atoms with van der Waals surface area (Å²) in [6.07, 6.45) is 1.99. The second kappa shape index (κ2) is 8.37. The molecule has 26 heavy (non-hydrogen) atoms. The minimum absolute atomic E-state index is 0.0103. The first-order chi connectivity index (χ1) is 12.5. The van der Waals surface area contributed by atoms with Gasteiger partial charge in [0.25, 0.3) is 0 Å². The number of hydrogen-bond acceptors (Lipinski definition) is 4. The van der Waals surface area contributed by atoms with Gasteiger partial charge in [-0.1, -0.05) is 30.3 Å². The molecule has 1 heterocycles. The van der Waals surface area contributed by atoms with Gasteiger partial charge in [-0.05, 0) is 51.4 Å². The molecular weight excluding hydrogens is 326 g/mol. The van der Waals surface area contributed by atoms with Crippen molar-refractivity contribution in [2.75, 3.05) is 13.1 Å². The van der Waals surface area contributed by atoms with E-state index in [-0.39, 0.29) is 17.8 Å². The van der Waals surface area contributed by atoms with Crippen molar-refractivity contribution in [2.45, 2.75) is 39.3 Å². The number of nitrogens with zero attached hydrogens (tertiary/aromatic N) is 1. The van der Waals surface area contributed by atoms with Gasteiger partial charge in [-0.3, -0.25) is 9.69 Å². The number of piperidine rings is 1. The summed E-state index contributed by atoms with van der Waals surface area (Å²) in [6.45, 7) is 6.31. The van der Waals surface area contributed by atoms with E-state index in [0.717, 1.165) is 42.8 Å². The minimum atomic E-state index is -0.0103. The predicted molar refractivity (Wildman–Crippen MR) is 103 cm³/mol. The van der Waals surface area contributed by atoms with Gasteiger partial charge < -0.3 is 9.84 Å². The van der Waals surface area contributed by atoms with Crippen LogP contribution in [0.2, 0.25) is 0 Å². The maximum atomic E-state index is 13.0. The highest BCUT2D eigenvalue weighted by Crippen LogP contribution is 2.26. The van der Waals surface area contributed by atoms with Crippen molar-refractivity contribution >= 4 is 5.78 Å². The number of hydrogen-bond donors (Lipinski definition) is 1. The monoisotopic (exact) mass is 353 g/mol. The van der Waals surface area contributed by atoms with Crippen molar-refractivity contribution in [3.05, 3.63) is 59.7 Å². The molecule has 1 N–H and O–H groups in total.